The number of fused-ring (bicyclic) bond motifs is 1. The van der Waals surface area contributed by atoms with Gasteiger partial charge in [-0.2, -0.15) is 0 Å². The first-order valence-corrected chi connectivity index (χ1v) is 8.89. The number of para-hydroxylation sites is 1. The number of ether oxygens (including phenoxy) is 4. The van der Waals surface area contributed by atoms with Crippen molar-refractivity contribution in [2.24, 2.45) is 4.99 Å². The molecule has 2 aromatic carbocycles. The molecule has 0 radical (unpaired) electrons. The molecule has 8 nitrogen and oxygen atoms in total. The minimum absolute atomic E-state index is 0.0265. The first kappa shape index (κ1) is 19.3. The van der Waals surface area contributed by atoms with Crippen molar-refractivity contribution in [1.29, 1.82) is 0 Å². The Hall–Kier alpha value is -4.07. The molecule has 1 aliphatic rings. The van der Waals surface area contributed by atoms with Gasteiger partial charge in [0.1, 0.15) is 11.8 Å². The summed E-state index contributed by atoms with van der Waals surface area (Å²) in [6, 6.07) is 10.1. The molecule has 0 spiro atoms. The Morgan fingerprint density at radius 3 is 2.33 bits per heavy atom. The number of cyclic esters (lactones) is 1. The van der Waals surface area contributed by atoms with Gasteiger partial charge < -0.3 is 23.4 Å². The predicted molar refractivity (Wildman–Crippen MR) is 109 cm³/mol. The fraction of sp³-hybridized carbons (Fsp3) is 0.136. The molecule has 8 heteroatoms. The quantitative estimate of drug-likeness (QED) is 0.473. The number of esters is 1. The number of carbonyl (C=O) groups is 1. The Balaban J connectivity index is 1.77. The third-order valence-electron chi connectivity index (χ3n) is 4.53. The number of nitrogens with zero attached hydrogens (tertiary/aromatic N) is 1. The van der Waals surface area contributed by atoms with E-state index < -0.39 is 5.97 Å². The van der Waals surface area contributed by atoms with Gasteiger partial charge in [0.15, 0.2) is 22.6 Å². The van der Waals surface area contributed by atoms with Crippen LogP contribution in [0.3, 0.4) is 0 Å². The van der Waals surface area contributed by atoms with Crippen molar-refractivity contribution in [3.8, 4) is 17.2 Å². The highest BCUT2D eigenvalue weighted by Crippen LogP contribution is 2.39. The van der Waals surface area contributed by atoms with E-state index in [1.54, 1.807) is 36.4 Å². The molecule has 0 N–H and O–H groups in total. The van der Waals surface area contributed by atoms with Crippen LogP contribution in [0.2, 0.25) is 0 Å². The fourth-order valence-corrected chi connectivity index (χ4v) is 3.08. The van der Waals surface area contributed by atoms with Crippen LogP contribution in [0.25, 0.3) is 17.0 Å². The van der Waals surface area contributed by atoms with Crippen LogP contribution in [0.4, 0.5) is 0 Å². The van der Waals surface area contributed by atoms with Crippen molar-refractivity contribution < 1.29 is 28.2 Å². The molecule has 0 saturated heterocycles. The standard InChI is InChI=1S/C22H17NO7/c1-26-17-9-12(10-18(27-2)20(17)28-3)21-23-15(22(25)30-21)8-13-11-29-16-7-5-4-6-14(16)19(13)24/h4-11H,1-3H3/b15-8-. The Kier molecular flexibility index (Phi) is 4.97. The molecule has 0 fully saturated rings. The minimum atomic E-state index is -0.689. The second-order valence-corrected chi connectivity index (χ2v) is 6.27. The molecule has 1 aliphatic heterocycles. The first-order chi connectivity index (χ1) is 14.5. The summed E-state index contributed by atoms with van der Waals surface area (Å²) >= 11 is 0. The van der Waals surface area contributed by atoms with Gasteiger partial charge in [0.2, 0.25) is 11.6 Å². The summed E-state index contributed by atoms with van der Waals surface area (Å²) in [5.41, 5.74) is 0.803. The summed E-state index contributed by atoms with van der Waals surface area (Å²) in [4.78, 5) is 29.2. The molecule has 1 aromatic heterocycles. The molecule has 0 bridgehead atoms. The second kappa shape index (κ2) is 7.75. The monoisotopic (exact) mass is 407 g/mol. The van der Waals surface area contributed by atoms with Crippen LogP contribution in [0.1, 0.15) is 11.1 Å². The molecular weight excluding hydrogens is 390 g/mol. The Morgan fingerprint density at radius 2 is 1.67 bits per heavy atom. The lowest BCUT2D eigenvalue weighted by Gasteiger charge is -2.13. The van der Waals surface area contributed by atoms with E-state index >= 15 is 0 Å². The smallest absolute Gasteiger partial charge is 0.363 e. The predicted octanol–water partition coefficient (Wildman–Crippen LogP) is 3.16. The summed E-state index contributed by atoms with van der Waals surface area (Å²) in [5, 5.41) is 0.409. The molecule has 2 heterocycles. The highest BCUT2D eigenvalue weighted by molar-refractivity contribution is 6.13. The summed E-state index contributed by atoms with van der Waals surface area (Å²) in [6.07, 6.45) is 2.63. The Morgan fingerprint density at radius 1 is 0.967 bits per heavy atom. The van der Waals surface area contributed by atoms with Crippen LogP contribution in [0.15, 0.2) is 62.6 Å². The summed E-state index contributed by atoms with van der Waals surface area (Å²) in [7, 11) is 4.45. The van der Waals surface area contributed by atoms with Crippen molar-refractivity contribution in [3.05, 3.63) is 69.7 Å². The molecule has 152 valence electrons. The molecule has 3 aromatic rings. The highest BCUT2D eigenvalue weighted by atomic mass is 16.6. The number of aliphatic imine (C=N–C) groups is 1. The maximum absolute atomic E-state index is 12.7. The van der Waals surface area contributed by atoms with Crippen molar-refractivity contribution in [2.45, 2.75) is 0 Å². The maximum atomic E-state index is 12.7. The van der Waals surface area contributed by atoms with Crippen molar-refractivity contribution >= 4 is 28.9 Å². The van der Waals surface area contributed by atoms with Crippen molar-refractivity contribution in [2.75, 3.05) is 21.3 Å². The average Bonchev–Trinajstić information content (AvgIpc) is 3.14. The van der Waals surface area contributed by atoms with E-state index in [0.717, 1.165) is 0 Å². The van der Waals surface area contributed by atoms with E-state index in [0.29, 0.717) is 33.8 Å². The third-order valence-corrected chi connectivity index (χ3v) is 4.53. The van der Waals surface area contributed by atoms with E-state index in [9.17, 15) is 9.59 Å². The summed E-state index contributed by atoms with van der Waals surface area (Å²) in [6.45, 7) is 0. The summed E-state index contributed by atoms with van der Waals surface area (Å²) in [5.74, 6) is 0.539. The van der Waals surface area contributed by atoms with Crippen molar-refractivity contribution in [1.82, 2.24) is 0 Å². The highest BCUT2D eigenvalue weighted by Gasteiger charge is 2.27. The minimum Gasteiger partial charge on any atom is -0.493 e. The van der Waals surface area contributed by atoms with E-state index in [-0.39, 0.29) is 22.6 Å². The lowest BCUT2D eigenvalue weighted by molar-refractivity contribution is -0.129. The normalized spacial score (nSPS) is 14.6. The van der Waals surface area contributed by atoms with E-state index in [1.807, 2.05) is 0 Å². The average molecular weight is 407 g/mol. The summed E-state index contributed by atoms with van der Waals surface area (Å²) < 4.78 is 26.7. The molecular formula is C22H17NO7. The van der Waals surface area contributed by atoms with Gasteiger partial charge >= 0.3 is 5.97 Å². The van der Waals surface area contributed by atoms with Gasteiger partial charge in [-0.15, -0.1) is 0 Å². The zero-order valence-corrected chi connectivity index (χ0v) is 16.4. The molecule has 0 saturated carbocycles. The first-order valence-electron chi connectivity index (χ1n) is 8.89. The molecule has 4 rings (SSSR count). The number of benzene rings is 2. The van der Waals surface area contributed by atoms with Crippen LogP contribution in [-0.2, 0) is 9.53 Å². The van der Waals surface area contributed by atoms with Gasteiger partial charge in [0, 0.05) is 5.56 Å². The lowest BCUT2D eigenvalue weighted by atomic mass is 10.1. The number of carbonyl (C=O) groups excluding carboxylic acids is 1. The van der Waals surface area contributed by atoms with Crippen LogP contribution in [-0.4, -0.2) is 33.2 Å². The van der Waals surface area contributed by atoms with Crippen molar-refractivity contribution in [3.63, 3.8) is 0 Å². The van der Waals surface area contributed by atoms with Gasteiger partial charge in [0.05, 0.1) is 32.3 Å². The molecule has 30 heavy (non-hydrogen) atoms. The second-order valence-electron chi connectivity index (χ2n) is 6.27. The van der Waals surface area contributed by atoms with Crippen LogP contribution in [0.5, 0.6) is 17.2 Å². The molecule has 0 amide bonds. The van der Waals surface area contributed by atoms with Gasteiger partial charge in [0.25, 0.3) is 0 Å². The Labute approximate surface area is 171 Å². The van der Waals surface area contributed by atoms with Gasteiger partial charge in [-0.25, -0.2) is 9.79 Å². The number of hydrogen-bond donors (Lipinski definition) is 0. The third kappa shape index (κ3) is 3.28. The van der Waals surface area contributed by atoms with Crippen LogP contribution < -0.4 is 19.6 Å². The van der Waals surface area contributed by atoms with Gasteiger partial charge in [-0.3, -0.25) is 4.79 Å². The lowest BCUT2D eigenvalue weighted by Crippen LogP contribution is -2.08. The fourth-order valence-electron chi connectivity index (χ4n) is 3.08. The number of rotatable bonds is 5. The zero-order chi connectivity index (χ0) is 21.3. The SMILES string of the molecule is COc1cc(C2=N/C(=C\c3coc4ccccc4c3=O)C(=O)O2)cc(OC)c1OC. The number of methoxy groups -OCH3 is 3. The Bertz CT molecular complexity index is 1240. The van der Waals surface area contributed by atoms with Crippen LogP contribution in [0, 0.1) is 0 Å². The topological polar surface area (TPSA) is 96.6 Å². The zero-order valence-electron chi connectivity index (χ0n) is 16.4. The molecule has 0 unspecified atom stereocenters. The maximum Gasteiger partial charge on any atom is 0.363 e. The van der Waals surface area contributed by atoms with Crippen LogP contribution >= 0.6 is 0 Å². The van der Waals surface area contributed by atoms with E-state index in [1.165, 1.54) is 33.7 Å². The van der Waals surface area contributed by atoms with Gasteiger partial charge in [-0.05, 0) is 30.3 Å². The van der Waals surface area contributed by atoms with E-state index in [4.69, 9.17) is 23.4 Å². The molecule has 0 aliphatic carbocycles. The largest absolute Gasteiger partial charge is 0.493 e. The van der Waals surface area contributed by atoms with Gasteiger partial charge in [-0.1, -0.05) is 12.1 Å². The molecule has 0 atom stereocenters. The van der Waals surface area contributed by atoms with E-state index in [2.05, 4.69) is 4.99 Å². The number of hydrogen-bond acceptors (Lipinski definition) is 8.